The van der Waals surface area contributed by atoms with Gasteiger partial charge in [-0.05, 0) is 31.5 Å². The molecule has 1 aromatic heterocycles. The highest BCUT2D eigenvalue weighted by atomic mass is 35.5. The second kappa shape index (κ2) is 10.4. The number of hydrogen-bond acceptors (Lipinski definition) is 4. The molecule has 1 saturated heterocycles. The molecule has 1 atom stereocenters. The summed E-state index contributed by atoms with van der Waals surface area (Å²) in [5, 5.41) is 7.20. The molecular formula is C25H26ClFN4O3. The van der Waals surface area contributed by atoms with Gasteiger partial charge < -0.3 is 15.0 Å². The lowest BCUT2D eigenvalue weighted by Crippen LogP contribution is -2.47. The van der Waals surface area contributed by atoms with Gasteiger partial charge in [-0.2, -0.15) is 5.10 Å². The van der Waals surface area contributed by atoms with Crippen LogP contribution in [0.15, 0.2) is 48.5 Å². The Morgan fingerprint density at radius 3 is 2.68 bits per heavy atom. The first-order valence-electron chi connectivity index (χ1n) is 11.0. The Morgan fingerprint density at radius 1 is 1.18 bits per heavy atom. The number of nitrogens with zero attached hydrogens (tertiary/aromatic N) is 3. The van der Waals surface area contributed by atoms with Crippen molar-refractivity contribution in [1.82, 2.24) is 20.0 Å². The summed E-state index contributed by atoms with van der Waals surface area (Å²) in [5.74, 6) is -1.76. The van der Waals surface area contributed by atoms with E-state index in [0.717, 1.165) is 28.6 Å². The van der Waals surface area contributed by atoms with Crippen molar-refractivity contribution in [3.05, 3.63) is 87.4 Å². The fraction of sp³-hybridized carbons (Fsp3) is 0.320. The molecule has 2 heterocycles. The zero-order chi connectivity index (χ0) is 24.2. The molecule has 1 N–H and O–H groups in total. The Hall–Kier alpha value is -3.23. The SMILES string of the molecule is Cc1nn(Cc2ccccc2)c(C)c1C1COCCN1C(=O)CNC(=O)c1c(F)cccc1Cl. The van der Waals surface area contributed by atoms with Crippen molar-refractivity contribution in [3.8, 4) is 0 Å². The molecule has 0 spiro atoms. The van der Waals surface area contributed by atoms with Crippen LogP contribution in [0, 0.1) is 19.7 Å². The lowest BCUT2D eigenvalue weighted by atomic mass is 10.0. The number of rotatable bonds is 6. The van der Waals surface area contributed by atoms with Crippen molar-refractivity contribution in [3.63, 3.8) is 0 Å². The lowest BCUT2D eigenvalue weighted by Gasteiger charge is -2.36. The Morgan fingerprint density at radius 2 is 1.94 bits per heavy atom. The second-order valence-corrected chi connectivity index (χ2v) is 8.59. The molecule has 1 aliphatic heterocycles. The van der Waals surface area contributed by atoms with E-state index in [2.05, 4.69) is 5.32 Å². The average molecular weight is 485 g/mol. The van der Waals surface area contributed by atoms with Crippen molar-refractivity contribution >= 4 is 23.4 Å². The first kappa shape index (κ1) is 23.9. The Bertz CT molecular complexity index is 1180. The fourth-order valence-corrected chi connectivity index (χ4v) is 4.55. The maximum Gasteiger partial charge on any atom is 0.256 e. The molecule has 34 heavy (non-hydrogen) atoms. The third-order valence-corrected chi connectivity index (χ3v) is 6.30. The molecule has 0 saturated carbocycles. The van der Waals surface area contributed by atoms with E-state index >= 15 is 0 Å². The molecule has 178 valence electrons. The van der Waals surface area contributed by atoms with Crippen molar-refractivity contribution in [2.24, 2.45) is 0 Å². The highest BCUT2D eigenvalue weighted by molar-refractivity contribution is 6.33. The van der Waals surface area contributed by atoms with Crippen molar-refractivity contribution in [2.75, 3.05) is 26.3 Å². The Balaban J connectivity index is 1.50. The van der Waals surface area contributed by atoms with E-state index in [1.165, 1.54) is 12.1 Å². The lowest BCUT2D eigenvalue weighted by molar-refractivity contribution is -0.139. The minimum absolute atomic E-state index is 0.00808. The number of carbonyl (C=O) groups is 2. The van der Waals surface area contributed by atoms with Crippen LogP contribution in [-0.4, -0.2) is 52.8 Å². The number of hydrogen-bond donors (Lipinski definition) is 1. The van der Waals surface area contributed by atoms with Gasteiger partial charge in [-0.1, -0.05) is 48.0 Å². The normalized spacial score (nSPS) is 15.9. The van der Waals surface area contributed by atoms with Gasteiger partial charge >= 0.3 is 0 Å². The molecule has 3 aromatic rings. The predicted octanol–water partition coefficient (Wildman–Crippen LogP) is 3.67. The number of ether oxygens (including phenoxy) is 1. The first-order valence-corrected chi connectivity index (χ1v) is 11.4. The van der Waals surface area contributed by atoms with E-state index in [0.29, 0.717) is 26.3 Å². The number of carbonyl (C=O) groups excluding carboxylic acids is 2. The van der Waals surface area contributed by atoms with Gasteiger partial charge in [0, 0.05) is 17.8 Å². The Labute approximate surface area is 202 Å². The van der Waals surface area contributed by atoms with Gasteiger partial charge in [-0.15, -0.1) is 0 Å². The molecule has 0 aliphatic carbocycles. The number of amides is 2. The van der Waals surface area contributed by atoms with Crippen LogP contribution in [-0.2, 0) is 16.1 Å². The van der Waals surface area contributed by atoms with E-state index in [1.54, 1.807) is 4.90 Å². The molecule has 0 radical (unpaired) electrons. The number of aromatic nitrogens is 2. The van der Waals surface area contributed by atoms with Crippen molar-refractivity contribution < 1.29 is 18.7 Å². The first-order chi connectivity index (χ1) is 16.4. The monoisotopic (exact) mass is 484 g/mol. The van der Waals surface area contributed by atoms with Gasteiger partial charge in [0.2, 0.25) is 5.91 Å². The molecule has 1 unspecified atom stereocenters. The summed E-state index contributed by atoms with van der Waals surface area (Å²) >= 11 is 5.96. The van der Waals surface area contributed by atoms with Gasteiger partial charge in [0.25, 0.3) is 5.91 Å². The van der Waals surface area contributed by atoms with E-state index in [-0.39, 0.29) is 29.1 Å². The van der Waals surface area contributed by atoms with Crippen LogP contribution in [0.4, 0.5) is 4.39 Å². The van der Waals surface area contributed by atoms with Gasteiger partial charge in [0.05, 0.1) is 48.6 Å². The minimum atomic E-state index is -0.737. The Kier molecular flexibility index (Phi) is 7.29. The van der Waals surface area contributed by atoms with Crippen molar-refractivity contribution in [1.29, 1.82) is 0 Å². The predicted molar refractivity (Wildman–Crippen MR) is 126 cm³/mol. The summed E-state index contributed by atoms with van der Waals surface area (Å²) in [6.07, 6.45) is 0. The van der Waals surface area contributed by atoms with Crippen LogP contribution < -0.4 is 5.32 Å². The molecular weight excluding hydrogens is 459 g/mol. The summed E-state index contributed by atoms with van der Waals surface area (Å²) in [4.78, 5) is 27.3. The van der Waals surface area contributed by atoms with Crippen LogP contribution >= 0.6 is 11.6 Å². The van der Waals surface area contributed by atoms with E-state index in [1.807, 2.05) is 48.9 Å². The number of benzene rings is 2. The van der Waals surface area contributed by atoms with Crippen LogP contribution in [0.2, 0.25) is 5.02 Å². The van der Waals surface area contributed by atoms with Crippen molar-refractivity contribution in [2.45, 2.75) is 26.4 Å². The molecule has 2 aromatic carbocycles. The van der Waals surface area contributed by atoms with Crippen LogP contribution in [0.25, 0.3) is 0 Å². The molecule has 4 rings (SSSR count). The summed E-state index contributed by atoms with van der Waals surface area (Å²) in [6, 6.07) is 13.7. The van der Waals surface area contributed by atoms with E-state index in [4.69, 9.17) is 21.4 Å². The minimum Gasteiger partial charge on any atom is -0.377 e. The largest absolute Gasteiger partial charge is 0.377 e. The number of morpholine rings is 1. The summed E-state index contributed by atoms with van der Waals surface area (Å²) in [6.45, 7) is 5.34. The van der Waals surface area contributed by atoms with Gasteiger partial charge in [0.1, 0.15) is 5.82 Å². The summed E-state index contributed by atoms with van der Waals surface area (Å²) < 4.78 is 21.7. The maximum atomic E-state index is 14.0. The topological polar surface area (TPSA) is 76.5 Å². The molecule has 1 aliphatic rings. The molecule has 2 amide bonds. The summed E-state index contributed by atoms with van der Waals surface area (Å²) in [7, 11) is 0. The molecule has 0 bridgehead atoms. The van der Waals surface area contributed by atoms with E-state index < -0.39 is 11.7 Å². The highest BCUT2D eigenvalue weighted by Crippen LogP contribution is 2.30. The smallest absolute Gasteiger partial charge is 0.256 e. The quantitative estimate of drug-likeness (QED) is 0.579. The maximum absolute atomic E-state index is 14.0. The zero-order valence-electron chi connectivity index (χ0n) is 19.1. The van der Waals surface area contributed by atoms with Gasteiger partial charge in [-0.25, -0.2) is 4.39 Å². The molecule has 9 heteroatoms. The van der Waals surface area contributed by atoms with E-state index in [9.17, 15) is 14.0 Å². The average Bonchev–Trinajstić information content (AvgIpc) is 3.10. The van der Waals surface area contributed by atoms with Crippen LogP contribution in [0.3, 0.4) is 0 Å². The van der Waals surface area contributed by atoms with Gasteiger partial charge in [0.15, 0.2) is 0 Å². The molecule has 1 fully saturated rings. The van der Waals surface area contributed by atoms with Crippen LogP contribution in [0.5, 0.6) is 0 Å². The second-order valence-electron chi connectivity index (χ2n) is 8.18. The highest BCUT2D eigenvalue weighted by Gasteiger charge is 2.33. The third-order valence-electron chi connectivity index (χ3n) is 5.98. The number of nitrogens with one attached hydrogen (secondary N) is 1. The summed E-state index contributed by atoms with van der Waals surface area (Å²) in [5.41, 5.74) is 3.57. The third kappa shape index (κ3) is 4.98. The standard InChI is InChI=1S/C25H26ClFN4O3/c1-16-23(17(2)31(29-16)14-18-7-4-3-5-8-18)21-15-34-12-11-30(21)22(32)13-28-25(33)24-19(26)9-6-10-20(24)27/h3-10,21H,11-15H2,1-2H3,(H,28,33). The molecule has 7 nitrogen and oxygen atoms in total. The fourth-order valence-electron chi connectivity index (χ4n) is 4.31. The zero-order valence-corrected chi connectivity index (χ0v) is 19.8. The van der Waals surface area contributed by atoms with Gasteiger partial charge in [-0.3, -0.25) is 14.3 Å². The van der Waals surface area contributed by atoms with Crippen LogP contribution in [0.1, 0.15) is 38.9 Å². The number of halogens is 2. The number of aryl methyl sites for hydroxylation is 1.